The van der Waals surface area contributed by atoms with E-state index in [9.17, 15) is 9.18 Å². The summed E-state index contributed by atoms with van der Waals surface area (Å²) in [4.78, 5) is 12.0. The molecule has 21 heavy (non-hydrogen) atoms. The summed E-state index contributed by atoms with van der Waals surface area (Å²) in [6, 6.07) is 13.3. The first-order valence-electron chi connectivity index (χ1n) is 6.23. The molecule has 0 aliphatic rings. The zero-order valence-corrected chi connectivity index (χ0v) is 12.4. The number of fused-ring (bicyclic) bond motifs is 1. The van der Waals surface area contributed by atoms with Crippen LogP contribution >= 0.6 is 15.9 Å². The van der Waals surface area contributed by atoms with Gasteiger partial charge in [0, 0.05) is 5.39 Å². The number of carbonyl (C=O) groups excluding carboxylic acids is 1. The van der Waals surface area contributed by atoms with Crippen LogP contribution in [0.5, 0.6) is 5.75 Å². The highest BCUT2D eigenvalue weighted by Crippen LogP contribution is 2.23. The van der Waals surface area contributed by atoms with Gasteiger partial charge in [-0.2, -0.15) is 0 Å². The van der Waals surface area contributed by atoms with Crippen LogP contribution in [0, 0.1) is 5.82 Å². The van der Waals surface area contributed by atoms with Crippen molar-refractivity contribution in [3.63, 3.8) is 0 Å². The highest BCUT2D eigenvalue weighted by Gasteiger charge is 2.13. The van der Waals surface area contributed by atoms with Gasteiger partial charge in [-0.3, -0.25) is 4.79 Å². The van der Waals surface area contributed by atoms with E-state index in [2.05, 4.69) is 15.9 Å². The molecular weight excluding hydrogens is 339 g/mol. The highest BCUT2D eigenvalue weighted by atomic mass is 79.9. The molecule has 0 radical (unpaired) electrons. The molecule has 0 amide bonds. The Hall–Kier alpha value is -2.14. The van der Waals surface area contributed by atoms with E-state index in [4.69, 9.17) is 9.15 Å². The molecule has 1 aromatic heterocycles. The monoisotopic (exact) mass is 348 g/mol. The van der Waals surface area contributed by atoms with Crippen LogP contribution in [0.3, 0.4) is 0 Å². The largest absolute Gasteiger partial charge is 0.485 e. The molecule has 106 valence electrons. The topological polar surface area (TPSA) is 39.4 Å². The molecule has 0 bridgehead atoms. The Bertz CT molecular complexity index is 777. The van der Waals surface area contributed by atoms with E-state index in [1.807, 2.05) is 18.2 Å². The van der Waals surface area contributed by atoms with Crippen LogP contribution in [0.1, 0.15) is 10.6 Å². The number of rotatable bonds is 4. The number of Topliss-reactive ketones (excluding diaryl/α,β-unsaturated/α-hetero) is 1. The first-order valence-corrected chi connectivity index (χ1v) is 7.02. The van der Waals surface area contributed by atoms with E-state index in [1.54, 1.807) is 12.1 Å². The molecule has 1 heterocycles. The van der Waals surface area contributed by atoms with Crippen LogP contribution in [0.25, 0.3) is 11.0 Å². The van der Waals surface area contributed by atoms with Crippen molar-refractivity contribution in [3.8, 4) is 5.75 Å². The molecule has 0 aliphatic carbocycles. The molecule has 3 aromatic rings. The quantitative estimate of drug-likeness (QED) is 0.647. The second kappa shape index (κ2) is 5.69. The summed E-state index contributed by atoms with van der Waals surface area (Å²) in [5.74, 6) is 0.00252. The highest BCUT2D eigenvalue weighted by molar-refractivity contribution is 9.10. The van der Waals surface area contributed by atoms with Gasteiger partial charge in [-0.15, -0.1) is 0 Å². The fourth-order valence-corrected chi connectivity index (χ4v) is 2.26. The van der Waals surface area contributed by atoms with Gasteiger partial charge in [-0.25, -0.2) is 4.39 Å². The summed E-state index contributed by atoms with van der Waals surface area (Å²) in [6.45, 7) is -0.169. The van der Waals surface area contributed by atoms with Gasteiger partial charge >= 0.3 is 0 Å². The SMILES string of the molecule is O=C(COc1ccc(F)c(Br)c1)c1cc2ccccc2o1. The minimum Gasteiger partial charge on any atom is -0.485 e. The smallest absolute Gasteiger partial charge is 0.235 e. The molecule has 5 heteroatoms. The Morgan fingerprint density at radius 2 is 2.00 bits per heavy atom. The molecule has 0 N–H and O–H groups in total. The third-order valence-electron chi connectivity index (χ3n) is 2.96. The Balaban J connectivity index is 1.72. The minimum atomic E-state index is -0.383. The van der Waals surface area contributed by atoms with Gasteiger partial charge in [0.05, 0.1) is 4.47 Å². The molecule has 0 saturated heterocycles. The number of ketones is 1. The molecular formula is C16H10BrFO3. The number of para-hydroxylation sites is 1. The molecule has 0 atom stereocenters. The van der Waals surface area contributed by atoms with E-state index in [0.29, 0.717) is 11.3 Å². The summed E-state index contributed by atoms with van der Waals surface area (Å²) >= 11 is 3.06. The van der Waals surface area contributed by atoms with E-state index in [1.165, 1.54) is 18.2 Å². The van der Waals surface area contributed by atoms with Crippen molar-refractivity contribution < 1.29 is 18.3 Å². The number of ether oxygens (including phenoxy) is 1. The average molecular weight is 349 g/mol. The molecule has 0 spiro atoms. The van der Waals surface area contributed by atoms with E-state index in [0.717, 1.165) is 5.39 Å². The minimum absolute atomic E-state index is 0.169. The lowest BCUT2D eigenvalue weighted by Crippen LogP contribution is -2.10. The Kier molecular flexibility index (Phi) is 3.75. The molecule has 0 unspecified atom stereocenters. The number of hydrogen-bond acceptors (Lipinski definition) is 3. The number of carbonyl (C=O) groups is 1. The van der Waals surface area contributed by atoms with Gasteiger partial charge in [0.25, 0.3) is 0 Å². The lowest BCUT2D eigenvalue weighted by Gasteiger charge is -2.05. The normalized spacial score (nSPS) is 10.8. The van der Waals surface area contributed by atoms with Gasteiger partial charge in [-0.1, -0.05) is 18.2 Å². The van der Waals surface area contributed by atoms with Crippen LogP contribution in [0.4, 0.5) is 4.39 Å². The third kappa shape index (κ3) is 2.97. The Morgan fingerprint density at radius 3 is 2.76 bits per heavy atom. The second-order valence-corrected chi connectivity index (χ2v) is 5.29. The predicted molar refractivity (Wildman–Crippen MR) is 80.1 cm³/mol. The standard InChI is InChI=1S/C16H10BrFO3/c17-12-8-11(5-6-13(12)18)20-9-14(19)16-7-10-3-1-2-4-15(10)21-16/h1-8H,9H2. The van der Waals surface area contributed by atoms with Gasteiger partial charge in [0.15, 0.2) is 12.4 Å². The summed E-state index contributed by atoms with van der Waals surface area (Å²) in [6.07, 6.45) is 0. The lowest BCUT2D eigenvalue weighted by molar-refractivity contribution is 0.0896. The van der Waals surface area contributed by atoms with Crippen LogP contribution in [-0.4, -0.2) is 12.4 Å². The van der Waals surface area contributed by atoms with Crippen molar-refractivity contribution in [2.45, 2.75) is 0 Å². The maximum atomic E-state index is 13.1. The summed E-state index contributed by atoms with van der Waals surface area (Å²) < 4.78 is 24.2. The van der Waals surface area contributed by atoms with Crippen molar-refractivity contribution in [1.29, 1.82) is 0 Å². The first kappa shape index (κ1) is 13.8. The molecule has 0 fully saturated rings. The van der Waals surface area contributed by atoms with Crippen molar-refractivity contribution in [1.82, 2.24) is 0 Å². The van der Waals surface area contributed by atoms with Gasteiger partial charge in [-0.05, 0) is 46.3 Å². The number of benzene rings is 2. The first-order chi connectivity index (χ1) is 10.1. The van der Waals surface area contributed by atoms with Crippen LogP contribution < -0.4 is 4.74 Å². The second-order valence-electron chi connectivity index (χ2n) is 4.44. The van der Waals surface area contributed by atoms with Gasteiger partial charge in [0.2, 0.25) is 5.78 Å². The number of halogens is 2. The maximum Gasteiger partial charge on any atom is 0.235 e. The number of hydrogen-bond donors (Lipinski definition) is 0. The van der Waals surface area contributed by atoms with Gasteiger partial charge in [0.1, 0.15) is 17.1 Å². The fraction of sp³-hybridized carbons (Fsp3) is 0.0625. The zero-order chi connectivity index (χ0) is 14.8. The molecule has 0 saturated carbocycles. The van der Waals surface area contributed by atoms with Crippen LogP contribution in [0.2, 0.25) is 0 Å². The zero-order valence-electron chi connectivity index (χ0n) is 10.8. The van der Waals surface area contributed by atoms with Crippen LogP contribution in [0.15, 0.2) is 57.4 Å². The Labute approximate surface area is 128 Å². The van der Waals surface area contributed by atoms with E-state index < -0.39 is 0 Å². The maximum absolute atomic E-state index is 13.1. The van der Waals surface area contributed by atoms with Crippen molar-refractivity contribution >= 4 is 32.7 Å². The van der Waals surface area contributed by atoms with Crippen molar-refractivity contribution in [3.05, 3.63) is 64.6 Å². The average Bonchev–Trinajstić information content (AvgIpc) is 2.92. The predicted octanol–water partition coefficient (Wildman–Crippen LogP) is 4.60. The summed E-state index contributed by atoms with van der Waals surface area (Å²) in [5.41, 5.74) is 0.658. The molecule has 3 rings (SSSR count). The van der Waals surface area contributed by atoms with Crippen molar-refractivity contribution in [2.24, 2.45) is 0 Å². The fourth-order valence-electron chi connectivity index (χ4n) is 1.91. The van der Waals surface area contributed by atoms with Crippen LogP contribution in [-0.2, 0) is 0 Å². The molecule has 3 nitrogen and oxygen atoms in total. The van der Waals surface area contributed by atoms with E-state index >= 15 is 0 Å². The number of furan rings is 1. The van der Waals surface area contributed by atoms with Gasteiger partial charge < -0.3 is 9.15 Å². The van der Waals surface area contributed by atoms with E-state index in [-0.39, 0.29) is 28.4 Å². The summed E-state index contributed by atoms with van der Waals surface area (Å²) in [5, 5.41) is 0.866. The van der Waals surface area contributed by atoms with Crippen molar-refractivity contribution in [2.75, 3.05) is 6.61 Å². The summed E-state index contributed by atoms with van der Waals surface area (Å²) in [7, 11) is 0. The molecule has 0 aliphatic heterocycles. The molecule has 2 aromatic carbocycles. The lowest BCUT2D eigenvalue weighted by atomic mass is 10.2. The Morgan fingerprint density at radius 1 is 1.19 bits per heavy atom. The third-order valence-corrected chi connectivity index (χ3v) is 3.57.